The molecule has 8 nitrogen and oxygen atoms in total. The van der Waals surface area contributed by atoms with Crippen LogP contribution in [0.4, 0.5) is 5.69 Å². The molecule has 1 aliphatic rings. The fraction of sp³-hybridized carbons (Fsp3) is 0.0870. The summed E-state index contributed by atoms with van der Waals surface area (Å²) >= 11 is 1.11. The second kappa shape index (κ2) is 8.64. The van der Waals surface area contributed by atoms with Crippen molar-refractivity contribution in [2.75, 3.05) is 0 Å². The first-order valence-electron chi connectivity index (χ1n) is 9.66. The van der Waals surface area contributed by atoms with E-state index < -0.39 is 10.8 Å². The average molecular weight is 446 g/mol. The van der Waals surface area contributed by atoms with Gasteiger partial charge in [-0.15, -0.1) is 0 Å². The second-order valence-electron chi connectivity index (χ2n) is 7.09. The highest BCUT2D eigenvalue weighted by Gasteiger charge is 2.25. The standard InChI is InChI=1S/C23H18N4O4S/c1-14-12-17(15(2)26(14)18-8-10-19(11-9-18)27(30)31)13-20-22(29)25-23(32-20)24-21(28)16-6-4-3-5-7-16/h3-13H,1-2H3,(H,24,25,28,29)/b20-13-. The first-order chi connectivity index (χ1) is 15.3. The summed E-state index contributed by atoms with van der Waals surface area (Å²) in [5.74, 6) is -0.749. The van der Waals surface area contributed by atoms with Gasteiger partial charge in [0, 0.05) is 34.8 Å². The molecule has 3 aromatic rings. The molecule has 0 atom stereocenters. The number of hydrogen-bond acceptors (Lipinski definition) is 5. The Hall–Kier alpha value is -3.98. The smallest absolute Gasteiger partial charge is 0.279 e. The number of nitro groups is 1. The van der Waals surface area contributed by atoms with E-state index in [1.54, 1.807) is 42.5 Å². The monoisotopic (exact) mass is 446 g/mol. The first kappa shape index (κ1) is 21.3. The average Bonchev–Trinajstić information content (AvgIpc) is 3.26. The molecule has 1 saturated heterocycles. The van der Waals surface area contributed by atoms with Crippen LogP contribution in [0, 0.1) is 24.0 Å². The summed E-state index contributed by atoms with van der Waals surface area (Å²) in [5.41, 5.74) is 3.87. The van der Waals surface area contributed by atoms with Crippen LogP contribution in [-0.4, -0.2) is 26.5 Å². The summed E-state index contributed by atoms with van der Waals surface area (Å²) in [5, 5.41) is 13.8. The van der Waals surface area contributed by atoms with Gasteiger partial charge in [0.1, 0.15) is 0 Å². The number of benzene rings is 2. The van der Waals surface area contributed by atoms with Crippen LogP contribution in [0.15, 0.2) is 70.6 Å². The number of aliphatic imine (C=N–C) groups is 1. The lowest BCUT2D eigenvalue weighted by molar-refractivity contribution is -0.384. The number of thioether (sulfide) groups is 1. The van der Waals surface area contributed by atoms with E-state index in [1.165, 1.54) is 12.1 Å². The first-order valence-corrected chi connectivity index (χ1v) is 10.5. The fourth-order valence-corrected chi connectivity index (χ4v) is 4.22. The molecule has 0 bridgehead atoms. The van der Waals surface area contributed by atoms with Crippen LogP contribution in [0.2, 0.25) is 0 Å². The van der Waals surface area contributed by atoms with Crippen LogP contribution >= 0.6 is 11.8 Å². The molecule has 1 N–H and O–H groups in total. The number of carbonyl (C=O) groups excluding carboxylic acids is 2. The predicted octanol–water partition coefficient (Wildman–Crippen LogP) is 4.40. The van der Waals surface area contributed by atoms with Gasteiger partial charge in [0.2, 0.25) is 0 Å². The number of aryl methyl sites for hydroxylation is 1. The van der Waals surface area contributed by atoms with Crippen molar-refractivity contribution in [3.63, 3.8) is 0 Å². The molecule has 0 saturated carbocycles. The zero-order valence-electron chi connectivity index (χ0n) is 17.2. The quantitative estimate of drug-likeness (QED) is 0.363. The van der Waals surface area contributed by atoms with Gasteiger partial charge in [-0.1, -0.05) is 18.2 Å². The number of nitrogens with zero attached hydrogens (tertiary/aromatic N) is 3. The van der Waals surface area contributed by atoms with Crippen LogP contribution < -0.4 is 5.32 Å². The molecule has 1 aromatic heterocycles. The molecule has 2 amide bonds. The van der Waals surface area contributed by atoms with E-state index >= 15 is 0 Å². The summed E-state index contributed by atoms with van der Waals surface area (Å²) in [6, 6.07) is 16.9. The van der Waals surface area contributed by atoms with Gasteiger partial charge in [0.25, 0.3) is 17.5 Å². The van der Waals surface area contributed by atoms with Gasteiger partial charge in [-0.25, -0.2) is 0 Å². The van der Waals surface area contributed by atoms with E-state index in [9.17, 15) is 19.7 Å². The number of amides is 2. The van der Waals surface area contributed by atoms with Crippen molar-refractivity contribution in [1.29, 1.82) is 0 Å². The van der Waals surface area contributed by atoms with Crippen molar-refractivity contribution in [2.24, 2.45) is 4.99 Å². The molecule has 1 fully saturated rings. The SMILES string of the molecule is Cc1cc(/C=C2\SC(=NC(=O)c3ccccc3)NC2=O)c(C)n1-c1ccc([N+](=O)[O-])cc1. The third kappa shape index (κ3) is 4.23. The Bertz CT molecular complexity index is 1290. The Labute approximate surface area is 187 Å². The third-order valence-electron chi connectivity index (χ3n) is 4.95. The van der Waals surface area contributed by atoms with Crippen molar-refractivity contribution in [2.45, 2.75) is 13.8 Å². The number of nitro benzene ring substituents is 1. The molecule has 2 aromatic carbocycles. The highest BCUT2D eigenvalue weighted by molar-refractivity contribution is 8.18. The zero-order chi connectivity index (χ0) is 22.8. The fourth-order valence-electron chi connectivity index (χ4n) is 3.41. The summed E-state index contributed by atoms with van der Waals surface area (Å²) in [4.78, 5) is 39.6. The minimum absolute atomic E-state index is 0.0226. The molecule has 0 aliphatic carbocycles. The zero-order valence-corrected chi connectivity index (χ0v) is 18.1. The normalized spacial score (nSPS) is 15.9. The van der Waals surface area contributed by atoms with Crippen molar-refractivity contribution in [3.8, 4) is 5.69 Å². The van der Waals surface area contributed by atoms with E-state index in [1.807, 2.05) is 30.5 Å². The van der Waals surface area contributed by atoms with Gasteiger partial charge >= 0.3 is 0 Å². The third-order valence-corrected chi connectivity index (χ3v) is 5.86. The predicted molar refractivity (Wildman–Crippen MR) is 124 cm³/mol. The molecule has 32 heavy (non-hydrogen) atoms. The number of carbonyl (C=O) groups is 2. The van der Waals surface area contributed by atoms with Crippen LogP contribution in [-0.2, 0) is 4.79 Å². The number of nitrogens with one attached hydrogen (secondary N) is 1. The van der Waals surface area contributed by atoms with Gasteiger partial charge in [-0.2, -0.15) is 4.99 Å². The van der Waals surface area contributed by atoms with Gasteiger partial charge in [-0.3, -0.25) is 19.7 Å². The number of non-ortho nitro benzene ring substituents is 1. The Morgan fingerprint density at radius 2 is 1.81 bits per heavy atom. The summed E-state index contributed by atoms with van der Waals surface area (Å²) < 4.78 is 1.96. The van der Waals surface area contributed by atoms with Crippen LogP contribution in [0.5, 0.6) is 0 Å². The van der Waals surface area contributed by atoms with Crippen molar-refractivity contribution >= 4 is 40.5 Å². The summed E-state index contributed by atoms with van der Waals surface area (Å²) in [6.45, 7) is 3.83. The van der Waals surface area contributed by atoms with Crippen molar-refractivity contribution < 1.29 is 14.5 Å². The number of aromatic nitrogens is 1. The molecule has 1 aliphatic heterocycles. The number of rotatable bonds is 4. The topological polar surface area (TPSA) is 107 Å². The number of amidine groups is 1. The van der Waals surface area contributed by atoms with Crippen LogP contribution in [0.1, 0.15) is 27.3 Å². The molecule has 0 radical (unpaired) electrons. The van der Waals surface area contributed by atoms with Crippen LogP contribution in [0.25, 0.3) is 11.8 Å². The minimum atomic E-state index is -0.438. The molecular formula is C23H18N4O4S. The maximum absolute atomic E-state index is 12.4. The highest BCUT2D eigenvalue weighted by atomic mass is 32.2. The minimum Gasteiger partial charge on any atom is -0.318 e. The molecular weight excluding hydrogens is 428 g/mol. The van der Waals surface area contributed by atoms with E-state index in [0.717, 1.165) is 34.4 Å². The molecule has 0 spiro atoms. The largest absolute Gasteiger partial charge is 0.318 e. The Balaban J connectivity index is 1.60. The van der Waals surface area contributed by atoms with Gasteiger partial charge < -0.3 is 9.88 Å². The number of hydrogen-bond donors (Lipinski definition) is 1. The molecule has 0 unspecified atom stereocenters. The Morgan fingerprint density at radius 3 is 2.47 bits per heavy atom. The molecule has 9 heteroatoms. The van der Waals surface area contributed by atoms with E-state index in [2.05, 4.69) is 10.3 Å². The summed E-state index contributed by atoms with van der Waals surface area (Å²) in [6.07, 6.45) is 1.75. The lowest BCUT2D eigenvalue weighted by Gasteiger charge is -2.09. The molecule has 160 valence electrons. The van der Waals surface area contributed by atoms with Gasteiger partial charge in [0.15, 0.2) is 5.17 Å². The van der Waals surface area contributed by atoms with E-state index in [0.29, 0.717) is 10.5 Å². The highest BCUT2D eigenvalue weighted by Crippen LogP contribution is 2.30. The van der Waals surface area contributed by atoms with Crippen molar-refractivity contribution in [3.05, 3.63) is 98.2 Å². The van der Waals surface area contributed by atoms with Crippen molar-refractivity contribution in [1.82, 2.24) is 9.88 Å². The molecule has 2 heterocycles. The second-order valence-corrected chi connectivity index (χ2v) is 8.12. The van der Waals surface area contributed by atoms with E-state index in [4.69, 9.17) is 0 Å². The van der Waals surface area contributed by atoms with Gasteiger partial charge in [0.05, 0.1) is 9.83 Å². The maximum atomic E-state index is 12.4. The van der Waals surface area contributed by atoms with Gasteiger partial charge in [-0.05, 0) is 67.6 Å². The molecule has 4 rings (SSSR count). The summed E-state index contributed by atoms with van der Waals surface area (Å²) in [7, 11) is 0. The lowest BCUT2D eigenvalue weighted by atomic mass is 10.2. The lowest BCUT2D eigenvalue weighted by Crippen LogP contribution is -2.20. The van der Waals surface area contributed by atoms with E-state index in [-0.39, 0.29) is 16.8 Å². The van der Waals surface area contributed by atoms with Crippen LogP contribution in [0.3, 0.4) is 0 Å². The Morgan fingerprint density at radius 1 is 1.12 bits per heavy atom. The maximum Gasteiger partial charge on any atom is 0.279 e. The Kier molecular flexibility index (Phi) is 5.74.